The van der Waals surface area contributed by atoms with E-state index in [2.05, 4.69) is 10.1 Å². The second-order valence-corrected chi connectivity index (χ2v) is 5.18. The number of carbonyl (C=O) groups is 1. The molecule has 1 aromatic rings. The molecule has 0 saturated carbocycles. The molecule has 0 atom stereocenters. The van der Waals surface area contributed by atoms with Crippen LogP contribution in [0.3, 0.4) is 0 Å². The van der Waals surface area contributed by atoms with Gasteiger partial charge in [0.2, 0.25) is 9.84 Å². The average molecular weight is 279 g/mol. The predicted octanol–water partition coefficient (Wildman–Crippen LogP) is 1.27. The zero-order valence-corrected chi connectivity index (χ0v) is 10.2. The monoisotopic (exact) mass is 279 g/mol. The Kier molecular flexibility index (Phi) is 4.60. The van der Waals surface area contributed by atoms with Gasteiger partial charge in [0.15, 0.2) is 0 Å². The first-order valence-electron chi connectivity index (χ1n) is 4.80. The number of carbonyl (C=O) groups excluding carboxylic acids is 1. The Balaban J connectivity index is 2.78. The van der Waals surface area contributed by atoms with Crippen molar-refractivity contribution in [2.24, 2.45) is 0 Å². The van der Waals surface area contributed by atoms with Crippen molar-refractivity contribution in [3.8, 4) is 0 Å². The number of sulfone groups is 1. The Morgan fingerprint density at radius 3 is 2.33 bits per heavy atom. The molecule has 18 heavy (non-hydrogen) atoms. The van der Waals surface area contributed by atoms with Crippen LogP contribution in [-0.4, -0.2) is 33.8 Å². The van der Waals surface area contributed by atoms with Crippen LogP contribution in [0.4, 0.5) is 14.5 Å². The van der Waals surface area contributed by atoms with Crippen LogP contribution in [0.25, 0.3) is 0 Å². The van der Waals surface area contributed by atoms with Crippen molar-refractivity contribution in [1.82, 2.24) is 0 Å². The highest BCUT2D eigenvalue weighted by atomic mass is 32.2. The number of hydrogen-bond acceptors (Lipinski definition) is 5. The number of anilines is 1. The number of nitrogens with one attached hydrogen (secondary N) is 1. The van der Waals surface area contributed by atoms with Crippen molar-refractivity contribution in [2.45, 2.75) is 10.7 Å². The van der Waals surface area contributed by atoms with Crippen LogP contribution < -0.4 is 5.32 Å². The van der Waals surface area contributed by atoms with Gasteiger partial charge in [-0.1, -0.05) is 0 Å². The minimum absolute atomic E-state index is 0.0998. The van der Waals surface area contributed by atoms with Crippen molar-refractivity contribution in [2.75, 3.05) is 19.0 Å². The Hall–Kier alpha value is -1.70. The van der Waals surface area contributed by atoms with Gasteiger partial charge in [-0.25, -0.2) is 8.42 Å². The first kappa shape index (κ1) is 14.4. The van der Waals surface area contributed by atoms with E-state index in [0.717, 1.165) is 12.1 Å². The molecular formula is C10H11F2NO4S. The van der Waals surface area contributed by atoms with Crippen LogP contribution >= 0.6 is 0 Å². The second kappa shape index (κ2) is 5.76. The number of esters is 1. The summed E-state index contributed by atoms with van der Waals surface area (Å²) in [6.07, 6.45) is 0. The van der Waals surface area contributed by atoms with E-state index in [-0.39, 0.29) is 6.54 Å². The van der Waals surface area contributed by atoms with E-state index in [0.29, 0.717) is 5.69 Å². The Morgan fingerprint density at radius 1 is 1.33 bits per heavy atom. The summed E-state index contributed by atoms with van der Waals surface area (Å²) in [5.41, 5.74) is 0.425. The molecule has 0 fully saturated rings. The maximum atomic E-state index is 12.2. The summed E-state index contributed by atoms with van der Waals surface area (Å²) < 4.78 is 51.1. The molecule has 0 aromatic heterocycles. The smallest absolute Gasteiger partial charge is 0.341 e. The topological polar surface area (TPSA) is 72.5 Å². The van der Waals surface area contributed by atoms with Crippen molar-refractivity contribution in [3.05, 3.63) is 24.3 Å². The molecule has 0 amide bonds. The molecule has 0 saturated heterocycles. The first-order valence-corrected chi connectivity index (χ1v) is 6.35. The Labute approximate surface area is 103 Å². The third kappa shape index (κ3) is 3.39. The number of ether oxygens (including phenoxy) is 1. The van der Waals surface area contributed by atoms with E-state index in [1.54, 1.807) is 0 Å². The van der Waals surface area contributed by atoms with Crippen LogP contribution in [-0.2, 0) is 19.4 Å². The number of alkyl halides is 2. The molecule has 1 rings (SSSR count). The lowest BCUT2D eigenvalue weighted by Gasteiger charge is -2.06. The first-order chi connectivity index (χ1) is 8.37. The number of hydrogen-bond donors (Lipinski definition) is 1. The molecule has 8 heteroatoms. The molecule has 5 nitrogen and oxygen atoms in total. The Morgan fingerprint density at radius 2 is 1.89 bits per heavy atom. The fraction of sp³-hybridized carbons (Fsp3) is 0.300. The lowest BCUT2D eigenvalue weighted by molar-refractivity contribution is -0.138. The third-order valence-electron chi connectivity index (χ3n) is 2.08. The van der Waals surface area contributed by atoms with E-state index in [1.165, 1.54) is 19.2 Å². The fourth-order valence-electron chi connectivity index (χ4n) is 1.11. The molecule has 0 radical (unpaired) electrons. The summed E-state index contributed by atoms with van der Waals surface area (Å²) in [5, 5.41) is 2.65. The quantitative estimate of drug-likeness (QED) is 0.822. The van der Waals surface area contributed by atoms with Crippen LogP contribution in [0.1, 0.15) is 0 Å². The highest BCUT2D eigenvalue weighted by Gasteiger charge is 2.26. The van der Waals surface area contributed by atoms with E-state index in [1.807, 2.05) is 0 Å². The number of benzene rings is 1. The van der Waals surface area contributed by atoms with Gasteiger partial charge in [-0.3, -0.25) is 4.79 Å². The molecule has 0 aliphatic carbocycles. The van der Waals surface area contributed by atoms with Gasteiger partial charge in [0.05, 0.1) is 12.0 Å². The van der Waals surface area contributed by atoms with Crippen LogP contribution in [0.5, 0.6) is 0 Å². The van der Waals surface area contributed by atoms with Gasteiger partial charge in [0.1, 0.15) is 6.54 Å². The molecule has 1 N–H and O–H groups in total. The van der Waals surface area contributed by atoms with E-state index in [4.69, 9.17) is 0 Å². The molecule has 0 aliphatic rings. The highest BCUT2D eigenvalue weighted by Crippen LogP contribution is 2.20. The Bertz CT molecular complexity index is 513. The summed E-state index contributed by atoms with van der Waals surface area (Å²) in [6.45, 7) is -0.0998. The van der Waals surface area contributed by atoms with Gasteiger partial charge in [-0.2, -0.15) is 8.78 Å². The summed E-state index contributed by atoms with van der Waals surface area (Å²) in [6, 6.07) is 4.67. The molecule has 0 heterocycles. The molecule has 0 spiro atoms. The maximum absolute atomic E-state index is 12.2. The third-order valence-corrected chi connectivity index (χ3v) is 3.48. The average Bonchev–Trinajstić information content (AvgIpc) is 2.36. The van der Waals surface area contributed by atoms with Crippen LogP contribution in [0, 0.1) is 0 Å². The zero-order chi connectivity index (χ0) is 13.8. The van der Waals surface area contributed by atoms with E-state index >= 15 is 0 Å². The molecule has 0 unspecified atom stereocenters. The van der Waals surface area contributed by atoms with Crippen molar-refractivity contribution in [3.63, 3.8) is 0 Å². The van der Waals surface area contributed by atoms with Gasteiger partial charge < -0.3 is 10.1 Å². The van der Waals surface area contributed by atoms with Crippen molar-refractivity contribution >= 4 is 21.5 Å². The lowest BCUT2D eigenvalue weighted by Crippen LogP contribution is -2.15. The van der Waals surface area contributed by atoms with E-state index in [9.17, 15) is 22.0 Å². The van der Waals surface area contributed by atoms with Gasteiger partial charge in [0.25, 0.3) is 0 Å². The van der Waals surface area contributed by atoms with Crippen LogP contribution in [0.15, 0.2) is 29.2 Å². The standard InChI is InChI=1S/C10H11F2NO4S/c1-17-9(14)6-13-7-2-4-8(5-3-7)18(15,16)10(11)12/h2-5,10,13H,6H2,1H3. The minimum atomic E-state index is -4.58. The number of rotatable bonds is 5. The SMILES string of the molecule is COC(=O)CNc1ccc(S(=O)(=O)C(F)F)cc1. The summed E-state index contributed by atoms with van der Waals surface area (Å²) in [4.78, 5) is 10.3. The number of halogens is 2. The molecule has 100 valence electrons. The fourth-order valence-corrected chi connectivity index (χ4v) is 1.83. The second-order valence-electron chi connectivity index (χ2n) is 3.26. The normalized spacial score (nSPS) is 11.3. The molecule has 1 aromatic carbocycles. The molecule has 0 aliphatic heterocycles. The van der Waals surface area contributed by atoms with Gasteiger partial charge >= 0.3 is 11.7 Å². The van der Waals surface area contributed by atoms with Gasteiger partial charge in [-0.05, 0) is 24.3 Å². The zero-order valence-electron chi connectivity index (χ0n) is 9.39. The summed E-state index contributed by atoms with van der Waals surface area (Å²) in [5.74, 6) is -3.95. The number of methoxy groups -OCH3 is 1. The summed E-state index contributed by atoms with van der Waals surface area (Å²) in [7, 11) is -3.36. The molecular weight excluding hydrogens is 268 g/mol. The largest absolute Gasteiger partial charge is 0.468 e. The van der Waals surface area contributed by atoms with Crippen LogP contribution in [0.2, 0.25) is 0 Å². The van der Waals surface area contributed by atoms with E-state index < -0.39 is 26.5 Å². The molecule has 0 bridgehead atoms. The van der Waals surface area contributed by atoms with Gasteiger partial charge in [-0.15, -0.1) is 0 Å². The minimum Gasteiger partial charge on any atom is -0.468 e. The maximum Gasteiger partial charge on any atom is 0.341 e. The van der Waals surface area contributed by atoms with Crippen molar-refractivity contribution in [1.29, 1.82) is 0 Å². The van der Waals surface area contributed by atoms with Gasteiger partial charge in [0, 0.05) is 5.69 Å². The summed E-state index contributed by atoms with van der Waals surface area (Å²) >= 11 is 0. The van der Waals surface area contributed by atoms with Crippen molar-refractivity contribution < 1.29 is 26.7 Å². The lowest BCUT2D eigenvalue weighted by atomic mass is 10.3. The highest BCUT2D eigenvalue weighted by molar-refractivity contribution is 7.91. The predicted molar refractivity (Wildman–Crippen MR) is 60.1 cm³/mol.